The average Bonchev–Trinajstić information content (AvgIpc) is 2.83. The first-order valence-corrected chi connectivity index (χ1v) is 4.34. The number of carbonyl (C=O) groups excluding carboxylic acids is 1. The molecule has 0 spiro atoms. The molecule has 74 valence electrons. The minimum Gasteiger partial charge on any atom is -0.480 e. The Balaban J connectivity index is 2.09. The SMILES string of the molecule is N[C@@H](CNC(=O)CC1CC1)C(=O)O. The van der Waals surface area contributed by atoms with Gasteiger partial charge in [0.1, 0.15) is 6.04 Å². The molecule has 0 aromatic rings. The van der Waals surface area contributed by atoms with E-state index in [1.54, 1.807) is 0 Å². The lowest BCUT2D eigenvalue weighted by Gasteiger charge is -2.07. The first-order valence-electron chi connectivity index (χ1n) is 4.34. The summed E-state index contributed by atoms with van der Waals surface area (Å²) in [5.41, 5.74) is 5.20. The second-order valence-electron chi connectivity index (χ2n) is 3.40. The highest BCUT2D eigenvalue weighted by atomic mass is 16.4. The van der Waals surface area contributed by atoms with Crippen LogP contribution in [0.15, 0.2) is 0 Å². The summed E-state index contributed by atoms with van der Waals surface area (Å²) in [6.07, 6.45) is 2.73. The summed E-state index contributed by atoms with van der Waals surface area (Å²) in [5, 5.41) is 10.9. The lowest BCUT2D eigenvalue weighted by Crippen LogP contribution is -2.42. The van der Waals surface area contributed by atoms with Crippen molar-refractivity contribution in [2.75, 3.05) is 6.54 Å². The van der Waals surface area contributed by atoms with Crippen molar-refractivity contribution in [3.8, 4) is 0 Å². The second kappa shape index (κ2) is 4.23. The molecule has 0 aromatic heterocycles. The highest BCUT2D eigenvalue weighted by Crippen LogP contribution is 2.31. The van der Waals surface area contributed by atoms with E-state index in [9.17, 15) is 9.59 Å². The summed E-state index contributed by atoms with van der Waals surface area (Å²) in [6, 6.07) is -0.997. The number of carbonyl (C=O) groups is 2. The van der Waals surface area contributed by atoms with E-state index >= 15 is 0 Å². The fraction of sp³-hybridized carbons (Fsp3) is 0.750. The van der Waals surface area contributed by atoms with Crippen LogP contribution in [0, 0.1) is 5.92 Å². The number of hydrogen-bond acceptors (Lipinski definition) is 3. The summed E-state index contributed by atoms with van der Waals surface area (Å²) in [7, 11) is 0. The molecule has 5 nitrogen and oxygen atoms in total. The molecule has 1 atom stereocenters. The van der Waals surface area contributed by atoms with Crippen molar-refractivity contribution in [2.24, 2.45) is 11.7 Å². The lowest BCUT2D eigenvalue weighted by molar-refractivity contribution is -0.138. The van der Waals surface area contributed by atoms with E-state index in [4.69, 9.17) is 10.8 Å². The Bertz CT molecular complexity index is 213. The molecule has 0 aliphatic heterocycles. The van der Waals surface area contributed by atoms with Crippen LogP contribution < -0.4 is 11.1 Å². The van der Waals surface area contributed by atoms with Crippen molar-refractivity contribution in [2.45, 2.75) is 25.3 Å². The van der Waals surface area contributed by atoms with Gasteiger partial charge in [-0.3, -0.25) is 9.59 Å². The summed E-state index contributed by atoms with van der Waals surface area (Å²) in [4.78, 5) is 21.3. The van der Waals surface area contributed by atoms with Crippen LogP contribution in [0.3, 0.4) is 0 Å². The summed E-state index contributed by atoms with van der Waals surface area (Å²) in [6.45, 7) is 0.0148. The Morgan fingerprint density at radius 3 is 2.62 bits per heavy atom. The largest absolute Gasteiger partial charge is 0.480 e. The number of hydrogen-bond donors (Lipinski definition) is 3. The van der Waals surface area contributed by atoms with Crippen LogP contribution in [0.2, 0.25) is 0 Å². The van der Waals surface area contributed by atoms with Gasteiger partial charge in [-0.1, -0.05) is 0 Å². The van der Waals surface area contributed by atoms with Gasteiger partial charge in [-0.05, 0) is 18.8 Å². The molecule has 1 saturated carbocycles. The van der Waals surface area contributed by atoms with Gasteiger partial charge in [-0.15, -0.1) is 0 Å². The summed E-state index contributed by atoms with van der Waals surface area (Å²) in [5.74, 6) is -0.674. The molecule has 0 bridgehead atoms. The molecule has 0 unspecified atom stereocenters. The maximum absolute atomic E-state index is 11.1. The number of carboxylic acid groups (broad SMARTS) is 1. The Morgan fingerprint density at radius 2 is 2.15 bits per heavy atom. The van der Waals surface area contributed by atoms with Crippen LogP contribution in [-0.4, -0.2) is 29.6 Å². The van der Waals surface area contributed by atoms with Gasteiger partial charge in [0.25, 0.3) is 0 Å². The van der Waals surface area contributed by atoms with Gasteiger partial charge in [0.05, 0.1) is 0 Å². The van der Waals surface area contributed by atoms with Crippen LogP contribution in [0.25, 0.3) is 0 Å². The Kier molecular flexibility index (Phi) is 3.25. The van der Waals surface area contributed by atoms with E-state index in [2.05, 4.69) is 5.32 Å². The van der Waals surface area contributed by atoms with E-state index in [-0.39, 0.29) is 12.5 Å². The molecule has 1 fully saturated rings. The van der Waals surface area contributed by atoms with Crippen molar-refractivity contribution < 1.29 is 14.7 Å². The van der Waals surface area contributed by atoms with E-state index in [1.165, 1.54) is 0 Å². The van der Waals surface area contributed by atoms with Crippen LogP contribution in [0.4, 0.5) is 0 Å². The molecule has 1 aliphatic rings. The topological polar surface area (TPSA) is 92.4 Å². The van der Waals surface area contributed by atoms with Gasteiger partial charge < -0.3 is 16.2 Å². The second-order valence-corrected chi connectivity index (χ2v) is 3.40. The van der Waals surface area contributed by atoms with Crippen LogP contribution in [0.1, 0.15) is 19.3 Å². The molecule has 1 rings (SSSR count). The first-order chi connectivity index (χ1) is 6.09. The standard InChI is InChI=1S/C8H14N2O3/c9-6(8(12)13)4-10-7(11)3-5-1-2-5/h5-6H,1-4,9H2,(H,10,11)(H,12,13)/t6-/m0/s1. The quantitative estimate of drug-likeness (QED) is 0.530. The number of nitrogens with two attached hydrogens (primary N) is 1. The van der Waals surface area contributed by atoms with Crippen molar-refractivity contribution >= 4 is 11.9 Å². The van der Waals surface area contributed by atoms with Gasteiger partial charge in [0.2, 0.25) is 5.91 Å². The third kappa shape index (κ3) is 3.89. The van der Waals surface area contributed by atoms with E-state index < -0.39 is 12.0 Å². The Hall–Kier alpha value is -1.10. The number of rotatable bonds is 5. The zero-order chi connectivity index (χ0) is 9.84. The van der Waals surface area contributed by atoms with Crippen LogP contribution in [0.5, 0.6) is 0 Å². The molecule has 13 heavy (non-hydrogen) atoms. The fourth-order valence-electron chi connectivity index (χ4n) is 0.967. The predicted molar refractivity (Wildman–Crippen MR) is 46.0 cm³/mol. The molecule has 0 aromatic carbocycles. The lowest BCUT2D eigenvalue weighted by atomic mass is 10.2. The zero-order valence-electron chi connectivity index (χ0n) is 7.32. The molecular weight excluding hydrogens is 172 g/mol. The average molecular weight is 186 g/mol. The van der Waals surface area contributed by atoms with Gasteiger partial charge in [0, 0.05) is 13.0 Å². The van der Waals surface area contributed by atoms with Crippen molar-refractivity contribution in [1.29, 1.82) is 0 Å². The highest BCUT2D eigenvalue weighted by Gasteiger charge is 2.24. The molecule has 4 N–H and O–H groups in total. The first kappa shape index (κ1) is 9.98. The third-order valence-corrected chi connectivity index (χ3v) is 2.01. The maximum Gasteiger partial charge on any atom is 0.322 e. The van der Waals surface area contributed by atoms with Crippen LogP contribution in [-0.2, 0) is 9.59 Å². The molecule has 5 heteroatoms. The number of aliphatic carboxylic acids is 1. The van der Waals surface area contributed by atoms with Gasteiger partial charge in [-0.25, -0.2) is 0 Å². The smallest absolute Gasteiger partial charge is 0.322 e. The van der Waals surface area contributed by atoms with Crippen LogP contribution >= 0.6 is 0 Å². The van der Waals surface area contributed by atoms with Gasteiger partial charge >= 0.3 is 5.97 Å². The van der Waals surface area contributed by atoms with Gasteiger partial charge in [0.15, 0.2) is 0 Å². The fourth-order valence-corrected chi connectivity index (χ4v) is 0.967. The van der Waals surface area contributed by atoms with Crippen molar-refractivity contribution in [3.05, 3.63) is 0 Å². The Morgan fingerprint density at radius 1 is 1.54 bits per heavy atom. The van der Waals surface area contributed by atoms with Gasteiger partial charge in [-0.2, -0.15) is 0 Å². The summed E-state index contributed by atoms with van der Waals surface area (Å²) >= 11 is 0. The maximum atomic E-state index is 11.1. The molecule has 1 aliphatic carbocycles. The van der Waals surface area contributed by atoms with Crippen molar-refractivity contribution in [3.63, 3.8) is 0 Å². The molecule has 1 amide bonds. The van der Waals surface area contributed by atoms with Crippen molar-refractivity contribution in [1.82, 2.24) is 5.32 Å². The zero-order valence-corrected chi connectivity index (χ0v) is 7.32. The normalized spacial score (nSPS) is 17.9. The minimum absolute atomic E-state index is 0.0148. The van der Waals surface area contributed by atoms with E-state index in [0.717, 1.165) is 12.8 Å². The van der Waals surface area contributed by atoms with E-state index in [0.29, 0.717) is 12.3 Å². The number of carboxylic acids is 1. The van der Waals surface area contributed by atoms with E-state index in [1.807, 2.05) is 0 Å². The highest BCUT2D eigenvalue weighted by molar-refractivity contribution is 5.78. The molecule has 0 saturated heterocycles. The summed E-state index contributed by atoms with van der Waals surface area (Å²) < 4.78 is 0. The third-order valence-electron chi connectivity index (χ3n) is 2.01. The predicted octanol–water partition coefficient (Wildman–Crippen LogP) is -0.685. The minimum atomic E-state index is -1.09. The molecule has 0 radical (unpaired) electrons. The number of amides is 1. The number of nitrogens with one attached hydrogen (secondary N) is 1. The molecular formula is C8H14N2O3. The molecule has 0 heterocycles. The monoisotopic (exact) mass is 186 g/mol. The Labute approximate surface area is 76.3 Å².